The molecular formula is C26H28OSi. The first-order valence-corrected chi connectivity index (χ1v) is 13.6. The van der Waals surface area contributed by atoms with Crippen LogP contribution < -0.4 is 5.19 Å². The van der Waals surface area contributed by atoms with E-state index in [1.54, 1.807) is 0 Å². The van der Waals surface area contributed by atoms with E-state index in [4.69, 9.17) is 0 Å². The topological polar surface area (TPSA) is 17.1 Å². The smallest absolute Gasteiger partial charge is 0.171 e. The molecule has 2 heteroatoms. The highest BCUT2D eigenvalue weighted by atomic mass is 28.3. The van der Waals surface area contributed by atoms with Gasteiger partial charge in [-0.25, -0.2) is 0 Å². The van der Waals surface area contributed by atoms with Crippen LogP contribution in [0.4, 0.5) is 0 Å². The first kappa shape index (κ1) is 17.9. The largest absolute Gasteiger partial charge is 0.293 e. The van der Waals surface area contributed by atoms with Crippen molar-refractivity contribution >= 4 is 24.6 Å². The van der Waals surface area contributed by atoms with Gasteiger partial charge in [-0.2, -0.15) is 0 Å². The number of rotatable bonds is 3. The van der Waals surface area contributed by atoms with Crippen molar-refractivity contribution in [2.45, 2.75) is 43.8 Å². The highest BCUT2D eigenvalue weighted by Gasteiger charge is 2.64. The zero-order valence-electron chi connectivity index (χ0n) is 16.8. The summed E-state index contributed by atoms with van der Waals surface area (Å²) in [7, 11) is -2.11. The fourth-order valence-electron chi connectivity index (χ4n) is 6.34. The summed E-state index contributed by atoms with van der Waals surface area (Å²) in [6.07, 6.45) is 9.40. The van der Waals surface area contributed by atoms with Crippen molar-refractivity contribution in [3.05, 3.63) is 84.0 Å². The Morgan fingerprint density at radius 1 is 0.964 bits per heavy atom. The normalized spacial score (nSPS) is 29.1. The Hall–Kier alpha value is -2.19. The van der Waals surface area contributed by atoms with Crippen molar-refractivity contribution in [3.63, 3.8) is 0 Å². The molecule has 0 heterocycles. The van der Waals surface area contributed by atoms with Crippen LogP contribution in [0, 0.1) is 11.8 Å². The SMILES string of the molecule is C[Si](C)(c1ccccc1)[C@@]12C=CC[C@H]3CCCC(=C(c4ccccc4)C1=O)[C@H]32. The lowest BCUT2D eigenvalue weighted by Crippen LogP contribution is -2.59. The zero-order chi connectivity index (χ0) is 19.4. The Bertz CT molecular complexity index is 970. The van der Waals surface area contributed by atoms with Gasteiger partial charge in [-0.15, -0.1) is 0 Å². The summed E-state index contributed by atoms with van der Waals surface area (Å²) in [4.78, 5) is 14.4. The molecule has 0 unspecified atom stereocenters. The van der Waals surface area contributed by atoms with E-state index in [-0.39, 0.29) is 5.04 Å². The maximum atomic E-state index is 14.4. The number of ketones is 1. The lowest BCUT2D eigenvalue weighted by atomic mass is 9.68. The molecule has 28 heavy (non-hydrogen) atoms. The number of hydrogen-bond acceptors (Lipinski definition) is 1. The summed E-state index contributed by atoms with van der Waals surface area (Å²) < 4.78 is 0. The molecule has 0 spiro atoms. The highest BCUT2D eigenvalue weighted by molar-refractivity contribution is 6.96. The minimum Gasteiger partial charge on any atom is -0.293 e. The third-order valence-corrected chi connectivity index (χ3v) is 12.2. The second-order valence-electron chi connectivity index (χ2n) is 9.22. The Kier molecular flexibility index (Phi) is 4.10. The number of hydrogen-bond donors (Lipinski definition) is 0. The molecule has 0 bridgehead atoms. The molecule has 0 saturated heterocycles. The lowest BCUT2D eigenvalue weighted by molar-refractivity contribution is -0.116. The average Bonchev–Trinajstić information content (AvgIpc) is 3.01. The summed E-state index contributed by atoms with van der Waals surface area (Å²) in [6, 6.07) is 21.3. The second-order valence-corrected chi connectivity index (χ2v) is 13.9. The van der Waals surface area contributed by atoms with Gasteiger partial charge in [-0.3, -0.25) is 4.79 Å². The van der Waals surface area contributed by atoms with Crippen LogP contribution in [0.3, 0.4) is 0 Å². The van der Waals surface area contributed by atoms with E-state index in [9.17, 15) is 4.79 Å². The molecule has 3 aliphatic rings. The van der Waals surface area contributed by atoms with Gasteiger partial charge in [-0.05, 0) is 43.1 Å². The summed E-state index contributed by atoms with van der Waals surface area (Å²) in [5.41, 5.74) is 3.65. The van der Waals surface area contributed by atoms with E-state index in [1.807, 2.05) is 6.07 Å². The van der Waals surface area contributed by atoms with Gasteiger partial charge in [0.05, 0.1) is 5.04 Å². The van der Waals surface area contributed by atoms with Gasteiger partial charge in [0.15, 0.2) is 5.78 Å². The Morgan fingerprint density at radius 3 is 2.36 bits per heavy atom. The number of allylic oxidation sites excluding steroid dienone is 4. The van der Waals surface area contributed by atoms with Crippen molar-refractivity contribution in [1.82, 2.24) is 0 Å². The lowest BCUT2D eigenvalue weighted by Gasteiger charge is -2.51. The number of Topliss-reactive ketones (excluding diaryl/α,β-unsaturated/α-hetero) is 1. The molecule has 1 saturated carbocycles. The third-order valence-electron chi connectivity index (χ3n) is 7.69. The van der Waals surface area contributed by atoms with E-state index in [0.717, 1.165) is 24.0 Å². The van der Waals surface area contributed by atoms with Gasteiger partial charge in [0.1, 0.15) is 8.07 Å². The minimum absolute atomic E-state index is 0.335. The highest BCUT2D eigenvalue weighted by Crippen LogP contribution is 2.66. The quantitative estimate of drug-likeness (QED) is 0.486. The molecule has 3 aliphatic carbocycles. The van der Waals surface area contributed by atoms with E-state index in [1.165, 1.54) is 23.6 Å². The molecular weight excluding hydrogens is 356 g/mol. The maximum absolute atomic E-state index is 14.4. The standard InChI is InChI=1S/C26H28OSi/c1-28(2,21-15-7-4-8-16-21)26-18-10-14-20-13-9-17-22(24(20)26)23(25(26)27)19-11-5-3-6-12-19/h3-8,10-12,15-16,18,20,24H,9,13-14,17H2,1-2H3/t20-,24+,26-/m1/s1. The van der Waals surface area contributed by atoms with Crippen LogP contribution in [-0.2, 0) is 4.79 Å². The summed E-state index contributed by atoms with van der Waals surface area (Å²) >= 11 is 0. The molecule has 5 rings (SSSR count). The van der Waals surface area contributed by atoms with Crippen LogP contribution >= 0.6 is 0 Å². The van der Waals surface area contributed by atoms with Crippen LogP contribution in [0.2, 0.25) is 18.1 Å². The van der Waals surface area contributed by atoms with Gasteiger partial charge >= 0.3 is 0 Å². The first-order chi connectivity index (χ1) is 13.6. The summed E-state index contributed by atoms with van der Waals surface area (Å²) in [6.45, 7) is 4.85. The molecule has 0 aliphatic heterocycles. The molecule has 0 radical (unpaired) electrons. The Balaban J connectivity index is 1.75. The van der Waals surface area contributed by atoms with Crippen molar-refractivity contribution in [1.29, 1.82) is 0 Å². The molecule has 3 atom stereocenters. The second kappa shape index (κ2) is 6.42. The fourth-order valence-corrected chi connectivity index (χ4v) is 10.3. The molecule has 1 nitrogen and oxygen atoms in total. The van der Waals surface area contributed by atoms with Crippen LogP contribution in [0.25, 0.3) is 5.57 Å². The van der Waals surface area contributed by atoms with Crippen molar-refractivity contribution < 1.29 is 4.79 Å². The van der Waals surface area contributed by atoms with Crippen LogP contribution in [-0.4, -0.2) is 13.9 Å². The molecule has 2 aromatic rings. The number of carbonyl (C=O) groups excluding carboxylic acids is 1. The number of carbonyl (C=O) groups is 1. The zero-order valence-corrected chi connectivity index (χ0v) is 17.8. The maximum Gasteiger partial charge on any atom is 0.171 e. The van der Waals surface area contributed by atoms with Crippen molar-refractivity contribution in [2.75, 3.05) is 0 Å². The third kappa shape index (κ3) is 2.27. The average molecular weight is 385 g/mol. The minimum atomic E-state index is -2.11. The van der Waals surface area contributed by atoms with E-state index >= 15 is 0 Å². The molecule has 0 N–H and O–H groups in total. The summed E-state index contributed by atoms with van der Waals surface area (Å²) in [5, 5.41) is 1.06. The number of benzene rings is 2. The van der Waals surface area contributed by atoms with Crippen LogP contribution in [0.15, 0.2) is 78.4 Å². The van der Waals surface area contributed by atoms with E-state index in [0.29, 0.717) is 17.6 Å². The monoisotopic (exact) mass is 384 g/mol. The Morgan fingerprint density at radius 2 is 1.64 bits per heavy atom. The van der Waals surface area contributed by atoms with Gasteiger partial charge in [0.25, 0.3) is 0 Å². The van der Waals surface area contributed by atoms with Gasteiger partial charge < -0.3 is 0 Å². The van der Waals surface area contributed by atoms with Gasteiger partial charge in [0, 0.05) is 5.57 Å². The molecule has 142 valence electrons. The molecule has 0 aromatic heterocycles. The molecule has 1 fully saturated rings. The van der Waals surface area contributed by atoms with Crippen molar-refractivity contribution in [3.8, 4) is 0 Å². The Labute approximate surface area is 169 Å². The predicted molar refractivity (Wildman–Crippen MR) is 119 cm³/mol. The van der Waals surface area contributed by atoms with E-state index < -0.39 is 8.07 Å². The van der Waals surface area contributed by atoms with E-state index in [2.05, 4.69) is 79.8 Å². The molecule has 2 aromatic carbocycles. The van der Waals surface area contributed by atoms with Gasteiger partial charge in [0.2, 0.25) is 0 Å². The fraction of sp³-hybridized carbons (Fsp3) is 0.346. The van der Waals surface area contributed by atoms with Crippen molar-refractivity contribution in [2.24, 2.45) is 11.8 Å². The predicted octanol–water partition coefficient (Wildman–Crippen LogP) is 5.76. The van der Waals surface area contributed by atoms with Gasteiger partial charge in [-0.1, -0.05) is 96.7 Å². The first-order valence-electron chi connectivity index (χ1n) is 10.6. The van der Waals surface area contributed by atoms with Crippen LogP contribution in [0.1, 0.15) is 31.2 Å². The van der Waals surface area contributed by atoms with Crippen LogP contribution in [0.5, 0.6) is 0 Å². The molecule has 0 amide bonds. The summed E-state index contributed by atoms with van der Waals surface area (Å²) in [5.74, 6) is 1.42.